The molecule has 0 aliphatic rings. The summed E-state index contributed by atoms with van der Waals surface area (Å²) in [4.78, 5) is 22.2. The van der Waals surface area contributed by atoms with E-state index in [4.69, 9.17) is 0 Å². The number of nitrogens with zero attached hydrogens (tertiary/aromatic N) is 3. The van der Waals surface area contributed by atoms with Crippen LogP contribution in [0, 0.1) is 6.92 Å². The molecule has 1 heterocycles. The molecule has 1 N–H and O–H groups in total. The maximum atomic E-state index is 11.3. The third-order valence-electron chi connectivity index (χ3n) is 3.34. The average Bonchev–Trinajstić information content (AvgIpc) is 2.33. The van der Waals surface area contributed by atoms with Crippen molar-refractivity contribution >= 4 is 11.7 Å². The number of Topliss-reactive ketones (excluding diaryl/α,β-unsaturated/α-hetero) is 1. The quantitative estimate of drug-likeness (QED) is 0.777. The summed E-state index contributed by atoms with van der Waals surface area (Å²) < 4.78 is 0. The molecule has 0 bridgehead atoms. The summed E-state index contributed by atoms with van der Waals surface area (Å²) in [5.41, 5.74) is 1.31. The molecule has 0 saturated carbocycles. The molecule has 5 heteroatoms. The second-order valence-corrected chi connectivity index (χ2v) is 5.60. The fourth-order valence-corrected chi connectivity index (χ4v) is 2.31. The van der Waals surface area contributed by atoms with E-state index < -0.39 is 0 Å². The summed E-state index contributed by atoms with van der Waals surface area (Å²) in [5, 5.41) is 3.22. The number of aryl methyl sites for hydroxylation is 1. The van der Waals surface area contributed by atoms with E-state index in [1.54, 1.807) is 6.20 Å². The predicted molar refractivity (Wildman–Crippen MR) is 82.2 cm³/mol. The van der Waals surface area contributed by atoms with Crippen LogP contribution in [-0.2, 0) is 0 Å². The van der Waals surface area contributed by atoms with E-state index in [1.807, 2.05) is 6.92 Å². The molecule has 0 saturated heterocycles. The van der Waals surface area contributed by atoms with Crippen LogP contribution in [0.3, 0.4) is 0 Å². The molecule has 0 aliphatic heterocycles. The van der Waals surface area contributed by atoms with Gasteiger partial charge in [0.1, 0.15) is 0 Å². The van der Waals surface area contributed by atoms with Gasteiger partial charge in [-0.25, -0.2) is 9.97 Å². The van der Waals surface area contributed by atoms with Gasteiger partial charge in [0, 0.05) is 31.4 Å². The van der Waals surface area contributed by atoms with Crippen molar-refractivity contribution in [2.45, 2.75) is 53.6 Å². The van der Waals surface area contributed by atoms with E-state index in [-0.39, 0.29) is 5.78 Å². The number of carbonyl (C=O) groups is 1. The van der Waals surface area contributed by atoms with Crippen LogP contribution in [0.15, 0.2) is 6.20 Å². The minimum atomic E-state index is -0.000148. The Morgan fingerprint density at radius 2 is 1.90 bits per heavy atom. The third-order valence-corrected chi connectivity index (χ3v) is 3.34. The van der Waals surface area contributed by atoms with Crippen LogP contribution in [0.2, 0.25) is 0 Å². The van der Waals surface area contributed by atoms with Crippen molar-refractivity contribution in [3.05, 3.63) is 17.5 Å². The molecule has 0 amide bonds. The van der Waals surface area contributed by atoms with Gasteiger partial charge in [-0.05, 0) is 41.5 Å². The Balaban J connectivity index is 2.58. The lowest BCUT2D eigenvalue weighted by atomic mass is 10.2. The number of aromatic nitrogens is 2. The minimum absolute atomic E-state index is 0.000148. The van der Waals surface area contributed by atoms with Gasteiger partial charge in [0.15, 0.2) is 5.78 Å². The zero-order valence-corrected chi connectivity index (χ0v) is 13.4. The van der Waals surface area contributed by atoms with Gasteiger partial charge in [0.25, 0.3) is 0 Å². The van der Waals surface area contributed by atoms with E-state index in [1.165, 1.54) is 6.92 Å². The highest BCUT2D eigenvalue weighted by Crippen LogP contribution is 2.08. The van der Waals surface area contributed by atoms with Crippen molar-refractivity contribution < 1.29 is 4.79 Å². The first kappa shape index (κ1) is 16.6. The number of ketones is 1. The highest BCUT2D eigenvalue weighted by atomic mass is 16.1. The number of nitrogens with one attached hydrogen (secondary N) is 1. The van der Waals surface area contributed by atoms with Crippen LogP contribution in [0.4, 0.5) is 5.95 Å². The normalized spacial score (nSPS) is 11.4. The second-order valence-electron chi connectivity index (χ2n) is 5.60. The molecular formula is C15H26N4O. The van der Waals surface area contributed by atoms with Crippen molar-refractivity contribution in [2.24, 2.45) is 0 Å². The van der Waals surface area contributed by atoms with Crippen LogP contribution in [0.1, 0.15) is 50.7 Å². The van der Waals surface area contributed by atoms with Crippen LogP contribution < -0.4 is 5.32 Å². The Hall–Kier alpha value is -1.49. The Labute approximate surface area is 121 Å². The van der Waals surface area contributed by atoms with Crippen LogP contribution in [0.25, 0.3) is 0 Å². The maximum Gasteiger partial charge on any atom is 0.222 e. The summed E-state index contributed by atoms with van der Waals surface area (Å²) in [7, 11) is 0. The lowest BCUT2D eigenvalue weighted by Gasteiger charge is -2.30. The summed E-state index contributed by atoms with van der Waals surface area (Å²) in [6.07, 6.45) is 1.59. The molecule has 0 atom stereocenters. The predicted octanol–water partition coefficient (Wildman–Crippen LogP) is 2.52. The topological polar surface area (TPSA) is 58.1 Å². The third kappa shape index (κ3) is 4.56. The van der Waals surface area contributed by atoms with E-state index in [0.29, 0.717) is 23.6 Å². The van der Waals surface area contributed by atoms with Crippen molar-refractivity contribution in [1.29, 1.82) is 0 Å². The summed E-state index contributed by atoms with van der Waals surface area (Å²) >= 11 is 0. The smallest absolute Gasteiger partial charge is 0.222 e. The van der Waals surface area contributed by atoms with E-state index in [2.05, 4.69) is 47.9 Å². The molecule has 0 unspecified atom stereocenters. The van der Waals surface area contributed by atoms with Crippen molar-refractivity contribution in [1.82, 2.24) is 14.9 Å². The van der Waals surface area contributed by atoms with Gasteiger partial charge in [-0.3, -0.25) is 9.69 Å². The SMILES string of the molecule is CC(=O)c1cnc(NCCN(C(C)C)C(C)C)nc1C. The molecular weight excluding hydrogens is 252 g/mol. The second kappa shape index (κ2) is 7.33. The Kier molecular flexibility index (Phi) is 6.07. The van der Waals surface area contributed by atoms with Gasteiger partial charge in [-0.1, -0.05) is 0 Å². The summed E-state index contributed by atoms with van der Waals surface area (Å²) in [6.45, 7) is 13.9. The number of carbonyl (C=O) groups excluding carboxylic acids is 1. The number of hydrogen-bond acceptors (Lipinski definition) is 5. The number of hydrogen-bond donors (Lipinski definition) is 1. The van der Waals surface area contributed by atoms with Crippen LogP contribution in [0.5, 0.6) is 0 Å². The fraction of sp³-hybridized carbons (Fsp3) is 0.667. The van der Waals surface area contributed by atoms with Crippen LogP contribution >= 0.6 is 0 Å². The van der Waals surface area contributed by atoms with Gasteiger partial charge in [-0.2, -0.15) is 0 Å². The molecule has 0 aromatic carbocycles. The monoisotopic (exact) mass is 278 g/mol. The lowest BCUT2D eigenvalue weighted by molar-refractivity contribution is 0.101. The fourth-order valence-electron chi connectivity index (χ4n) is 2.31. The lowest BCUT2D eigenvalue weighted by Crippen LogP contribution is -2.40. The highest BCUT2D eigenvalue weighted by molar-refractivity contribution is 5.94. The van der Waals surface area contributed by atoms with Gasteiger partial charge < -0.3 is 5.32 Å². The molecule has 20 heavy (non-hydrogen) atoms. The van der Waals surface area contributed by atoms with Crippen LogP contribution in [-0.4, -0.2) is 45.8 Å². The zero-order chi connectivity index (χ0) is 15.3. The molecule has 0 fully saturated rings. The van der Waals surface area contributed by atoms with Crippen molar-refractivity contribution in [3.63, 3.8) is 0 Å². The van der Waals surface area contributed by atoms with Gasteiger partial charge in [0.2, 0.25) is 5.95 Å². The zero-order valence-electron chi connectivity index (χ0n) is 13.4. The van der Waals surface area contributed by atoms with E-state index in [9.17, 15) is 4.79 Å². The standard InChI is InChI=1S/C15H26N4O/c1-10(2)19(11(3)4)8-7-16-15-17-9-14(13(6)20)12(5)18-15/h9-11H,7-8H2,1-6H3,(H,16,17,18). The first-order valence-electron chi connectivity index (χ1n) is 7.17. The largest absolute Gasteiger partial charge is 0.353 e. The molecule has 1 aromatic rings. The average molecular weight is 278 g/mol. The first-order chi connectivity index (χ1) is 9.32. The molecule has 5 nitrogen and oxygen atoms in total. The molecule has 1 rings (SSSR count). The van der Waals surface area contributed by atoms with Gasteiger partial charge in [-0.15, -0.1) is 0 Å². The van der Waals surface area contributed by atoms with E-state index in [0.717, 1.165) is 18.8 Å². The van der Waals surface area contributed by atoms with Crippen molar-refractivity contribution in [3.8, 4) is 0 Å². The van der Waals surface area contributed by atoms with E-state index >= 15 is 0 Å². The molecule has 0 spiro atoms. The molecule has 112 valence electrons. The minimum Gasteiger partial charge on any atom is -0.353 e. The Morgan fingerprint density at radius 1 is 1.30 bits per heavy atom. The maximum absolute atomic E-state index is 11.3. The van der Waals surface area contributed by atoms with Gasteiger partial charge >= 0.3 is 0 Å². The molecule has 1 aromatic heterocycles. The number of rotatable bonds is 7. The highest BCUT2D eigenvalue weighted by Gasteiger charge is 2.13. The Bertz CT molecular complexity index is 449. The number of anilines is 1. The summed E-state index contributed by atoms with van der Waals surface area (Å²) in [5.74, 6) is 0.583. The molecule has 0 radical (unpaired) electrons. The van der Waals surface area contributed by atoms with Crippen molar-refractivity contribution in [2.75, 3.05) is 18.4 Å². The first-order valence-corrected chi connectivity index (χ1v) is 7.17. The van der Waals surface area contributed by atoms with Gasteiger partial charge in [0.05, 0.1) is 11.3 Å². The summed E-state index contributed by atoms with van der Waals surface area (Å²) in [6, 6.07) is 1.03. The Morgan fingerprint density at radius 3 is 2.35 bits per heavy atom. The molecule has 0 aliphatic carbocycles.